The first-order chi connectivity index (χ1) is 9.38. The van der Waals surface area contributed by atoms with E-state index < -0.39 is 5.54 Å². The summed E-state index contributed by atoms with van der Waals surface area (Å²) in [5.41, 5.74) is 0.0953. The van der Waals surface area contributed by atoms with Crippen molar-refractivity contribution < 1.29 is 14.6 Å². The summed E-state index contributed by atoms with van der Waals surface area (Å²) in [7, 11) is 0. The van der Waals surface area contributed by atoms with Gasteiger partial charge in [-0.1, -0.05) is 13.8 Å². The number of hydrogen-bond acceptors (Lipinski definition) is 4. The van der Waals surface area contributed by atoms with E-state index in [1.807, 2.05) is 39.1 Å². The molecule has 0 radical (unpaired) electrons. The molecule has 4 nitrogen and oxygen atoms in total. The first-order valence-electron chi connectivity index (χ1n) is 6.97. The molecule has 2 N–H and O–H groups in total. The maximum absolute atomic E-state index is 12.4. The average Bonchev–Trinajstić information content (AvgIpc) is 2.83. The maximum atomic E-state index is 12.4. The molecule has 1 aromatic rings. The van der Waals surface area contributed by atoms with Gasteiger partial charge < -0.3 is 15.2 Å². The van der Waals surface area contributed by atoms with E-state index in [1.165, 1.54) is 11.3 Å². The van der Waals surface area contributed by atoms with Crippen LogP contribution < -0.4 is 5.32 Å². The van der Waals surface area contributed by atoms with Crippen molar-refractivity contribution in [2.24, 2.45) is 5.41 Å². The Kier molecular flexibility index (Phi) is 4.23. The summed E-state index contributed by atoms with van der Waals surface area (Å²) < 4.78 is 5.69. The van der Waals surface area contributed by atoms with Crippen molar-refractivity contribution in [1.82, 2.24) is 5.32 Å². The van der Waals surface area contributed by atoms with Gasteiger partial charge in [-0.25, -0.2) is 0 Å². The highest BCUT2D eigenvalue weighted by molar-refractivity contribution is 7.12. The number of ether oxygens (including phenoxy) is 1. The summed E-state index contributed by atoms with van der Waals surface area (Å²) in [4.78, 5) is 13.1. The number of aliphatic hydroxyl groups is 1. The lowest BCUT2D eigenvalue weighted by Crippen LogP contribution is -2.74. The van der Waals surface area contributed by atoms with E-state index in [0.29, 0.717) is 17.9 Å². The number of thiophene rings is 1. The van der Waals surface area contributed by atoms with Crippen LogP contribution in [0.5, 0.6) is 0 Å². The normalized spacial score (nSPS) is 27.9. The summed E-state index contributed by atoms with van der Waals surface area (Å²) in [6, 6.07) is 1.93. The number of hydrogen-bond donors (Lipinski definition) is 2. The van der Waals surface area contributed by atoms with Crippen LogP contribution in [0.2, 0.25) is 0 Å². The molecule has 2 atom stereocenters. The van der Waals surface area contributed by atoms with Crippen LogP contribution in [0.4, 0.5) is 0 Å². The van der Waals surface area contributed by atoms with Crippen molar-refractivity contribution in [3.63, 3.8) is 0 Å². The number of carbonyl (C=O) groups excluding carboxylic acids is 1. The van der Waals surface area contributed by atoms with Gasteiger partial charge in [0.15, 0.2) is 0 Å². The predicted octanol–water partition coefficient (Wildman–Crippen LogP) is 2.35. The van der Waals surface area contributed by atoms with Crippen molar-refractivity contribution in [2.45, 2.75) is 45.8 Å². The van der Waals surface area contributed by atoms with Crippen LogP contribution in [0, 0.1) is 12.3 Å². The molecule has 1 heterocycles. The molecule has 1 saturated carbocycles. The molecule has 112 valence electrons. The Hall–Kier alpha value is -0.910. The monoisotopic (exact) mass is 297 g/mol. The Morgan fingerprint density at radius 1 is 1.60 bits per heavy atom. The molecule has 0 saturated heterocycles. The minimum absolute atomic E-state index is 0.0697. The molecule has 0 aliphatic heterocycles. The minimum atomic E-state index is -0.597. The van der Waals surface area contributed by atoms with Gasteiger partial charge in [0.2, 0.25) is 0 Å². The zero-order valence-corrected chi connectivity index (χ0v) is 13.3. The third-order valence-electron chi connectivity index (χ3n) is 4.63. The van der Waals surface area contributed by atoms with Crippen LogP contribution in [-0.2, 0) is 4.74 Å². The second-order valence-electron chi connectivity index (χ2n) is 6.00. The van der Waals surface area contributed by atoms with Crippen LogP contribution >= 0.6 is 11.3 Å². The number of nitrogens with one attached hydrogen (secondary N) is 1. The van der Waals surface area contributed by atoms with E-state index in [1.54, 1.807) is 0 Å². The Balaban J connectivity index is 2.14. The van der Waals surface area contributed by atoms with Crippen LogP contribution in [0.15, 0.2) is 11.4 Å². The van der Waals surface area contributed by atoms with E-state index in [9.17, 15) is 9.90 Å². The number of aryl methyl sites for hydroxylation is 1. The Labute approximate surface area is 124 Å². The third-order valence-corrected chi connectivity index (χ3v) is 5.65. The van der Waals surface area contributed by atoms with Crippen molar-refractivity contribution in [3.8, 4) is 0 Å². The van der Waals surface area contributed by atoms with Gasteiger partial charge in [0.25, 0.3) is 5.91 Å². The quantitative estimate of drug-likeness (QED) is 0.877. The van der Waals surface area contributed by atoms with E-state index >= 15 is 0 Å². The fraction of sp³-hybridized carbons (Fsp3) is 0.667. The SMILES string of the molecule is CCO[C@@H]1C[C@](CO)(NC(=O)c2sccc2C)C1(C)C. The zero-order chi connectivity index (χ0) is 15.0. The second kappa shape index (κ2) is 5.47. The first kappa shape index (κ1) is 15.5. The molecular formula is C15H23NO3S. The Morgan fingerprint density at radius 3 is 2.75 bits per heavy atom. The molecule has 0 spiro atoms. The minimum Gasteiger partial charge on any atom is -0.394 e. The molecule has 2 rings (SSSR count). The smallest absolute Gasteiger partial charge is 0.262 e. The van der Waals surface area contributed by atoms with Gasteiger partial charge in [-0.2, -0.15) is 0 Å². The summed E-state index contributed by atoms with van der Waals surface area (Å²) >= 11 is 1.43. The largest absolute Gasteiger partial charge is 0.394 e. The summed E-state index contributed by atoms with van der Waals surface area (Å²) in [6.07, 6.45) is 0.727. The van der Waals surface area contributed by atoms with Crippen LogP contribution in [0.25, 0.3) is 0 Å². The lowest BCUT2D eigenvalue weighted by molar-refractivity contribution is -0.172. The van der Waals surface area contributed by atoms with Crippen LogP contribution in [0.1, 0.15) is 42.4 Å². The van der Waals surface area contributed by atoms with Gasteiger partial charge in [-0.15, -0.1) is 11.3 Å². The van der Waals surface area contributed by atoms with E-state index in [2.05, 4.69) is 5.32 Å². The second-order valence-corrected chi connectivity index (χ2v) is 6.91. The zero-order valence-electron chi connectivity index (χ0n) is 12.5. The van der Waals surface area contributed by atoms with Crippen LogP contribution in [0.3, 0.4) is 0 Å². The standard InChI is InChI=1S/C15H23NO3S/c1-5-19-11-8-15(9-17,14(11,3)4)16-13(18)12-10(2)6-7-20-12/h6-7,11,17H,5,8-9H2,1-4H3,(H,16,18)/t11-,15-/m1/s1. The Morgan fingerprint density at radius 2 is 2.30 bits per heavy atom. The first-order valence-corrected chi connectivity index (χ1v) is 7.85. The fourth-order valence-electron chi connectivity index (χ4n) is 2.88. The molecule has 1 aliphatic carbocycles. The maximum Gasteiger partial charge on any atom is 0.262 e. The molecular weight excluding hydrogens is 274 g/mol. The molecule has 1 fully saturated rings. The molecule has 1 amide bonds. The molecule has 0 bridgehead atoms. The van der Waals surface area contributed by atoms with Gasteiger partial charge in [-0.05, 0) is 30.9 Å². The molecule has 1 aliphatic rings. The number of carbonyl (C=O) groups is 1. The molecule has 1 aromatic heterocycles. The predicted molar refractivity (Wildman–Crippen MR) is 80.2 cm³/mol. The highest BCUT2D eigenvalue weighted by Crippen LogP contribution is 2.51. The van der Waals surface area contributed by atoms with Gasteiger partial charge in [0, 0.05) is 18.4 Å². The average molecular weight is 297 g/mol. The van der Waals surface area contributed by atoms with E-state index in [-0.39, 0.29) is 24.0 Å². The number of rotatable bonds is 5. The van der Waals surface area contributed by atoms with E-state index in [0.717, 1.165) is 5.56 Å². The van der Waals surface area contributed by atoms with Gasteiger partial charge >= 0.3 is 0 Å². The lowest BCUT2D eigenvalue weighted by atomic mass is 9.54. The van der Waals surface area contributed by atoms with Gasteiger partial charge in [-0.3, -0.25) is 4.79 Å². The Bertz CT molecular complexity index is 497. The number of aliphatic hydroxyl groups excluding tert-OH is 1. The van der Waals surface area contributed by atoms with Gasteiger partial charge in [0.1, 0.15) is 0 Å². The molecule has 20 heavy (non-hydrogen) atoms. The van der Waals surface area contributed by atoms with Crippen LogP contribution in [-0.4, -0.2) is 35.9 Å². The topological polar surface area (TPSA) is 58.6 Å². The molecule has 0 unspecified atom stereocenters. The summed E-state index contributed by atoms with van der Waals surface area (Å²) in [6.45, 7) is 8.53. The highest BCUT2D eigenvalue weighted by atomic mass is 32.1. The van der Waals surface area contributed by atoms with E-state index in [4.69, 9.17) is 4.74 Å². The van der Waals surface area contributed by atoms with Crippen molar-refractivity contribution >= 4 is 17.2 Å². The lowest BCUT2D eigenvalue weighted by Gasteiger charge is -2.60. The summed E-state index contributed by atoms with van der Waals surface area (Å²) in [5.74, 6) is -0.102. The van der Waals surface area contributed by atoms with Gasteiger partial charge in [0.05, 0.1) is 23.1 Å². The highest BCUT2D eigenvalue weighted by Gasteiger charge is 2.61. The number of amides is 1. The summed E-state index contributed by atoms with van der Waals surface area (Å²) in [5, 5.41) is 14.8. The molecule has 0 aromatic carbocycles. The van der Waals surface area contributed by atoms with Crippen molar-refractivity contribution in [2.75, 3.05) is 13.2 Å². The third kappa shape index (κ3) is 2.28. The van der Waals surface area contributed by atoms with Crippen molar-refractivity contribution in [3.05, 3.63) is 21.9 Å². The van der Waals surface area contributed by atoms with Crippen molar-refractivity contribution in [1.29, 1.82) is 0 Å². The molecule has 5 heteroatoms. The fourth-order valence-corrected chi connectivity index (χ4v) is 3.70.